The molecule has 0 fully saturated rings. The monoisotopic (exact) mass is 384 g/mol. The number of phenols is 1. The van der Waals surface area contributed by atoms with Crippen LogP contribution in [0.25, 0.3) is 0 Å². The van der Waals surface area contributed by atoms with Crippen molar-refractivity contribution in [2.75, 3.05) is 12.4 Å². The Kier molecular flexibility index (Phi) is 8.79. The van der Waals surface area contributed by atoms with E-state index in [-0.39, 0.29) is 17.6 Å². The van der Waals surface area contributed by atoms with Crippen molar-refractivity contribution in [3.05, 3.63) is 47.7 Å². The Bertz CT molecular complexity index is 744. The van der Waals surface area contributed by atoms with Crippen molar-refractivity contribution in [2.24, 2.45) is 0 Å². The number of aromatic hydroxyl groups is 1. The number of carbonyl (C=O) groups excluding carboxylic acids is 1. The van der Waals surface area contributed by atoms with Gasteiger partial charge in [-0.15, -0.1) is 0 Å². The molecule has 0 saturated heterocycles. The highest BCUT2D eigenvalue weighted by Gasteiger charge is 2.15. The maximum absolute atomic E-state index is 12.6. The first-order valence-corrected chi connectivity index (χ1v) is 10.1. The molecule has 1 unspecified atom stereocenters. The smallest absolute Gasteiger partial charge is 0.160 e. The minimum Gasteiger partial charge on any atom is -0.504 e. The topological polar surface area (TPSA) is 71.5 Å². The van der Waals surface area contributed by atoms with Crippen molar-refractivity contribution in [1.29, 1.82) is 0 Å². The number of methoxy groups -OCH3 is 1. The molecule has 2 rings (SSSR count). The first-order valence-electron chi connectivity index (χ1n) is 10.1. The lowest BCUT2D eigenvalue weighted by Gasteiger charge is -2.19. The highest BCUT2D eigenvalue weighted by molar-refractivity contribution is 5.79. The number of ketones is 1. The van der Waals surface area contributed by atoms with E-state index < -0.39 is 0 Å². The Morgan fingerprint density at radius 1 is 1.25 bits per heavy atom. The average Bonchev–Trinajstić information content (AvgIpc) is 2.69. The van der Waals surface area contributed by atoms with Crippen LogP contribution < -0.4 is 10.1 Å². The van der Waals surface area contributed by atoms with Crippen LogP contribution in [0.5, 0.6) is 11.5 Å². The van der Waals surface area contributed by atoms with Crippen LogP contribution in [0, 0.1) is 6.92 Å². The summed E-state index contributed by atoms with van der Waals surface area (Å²) in [5, 5.41) is 13.1. The molecule has 2 aromatic rings. The Morgan fingerprint density at radius 2 is 2.07 bits per heavy atom. The van der Waals surface area contributed by atoms with Gasteiger partial charge in [0.05, 0.1) is 7.11 Å². The lowest BCUT2D eigenvalue weighted by Crippen LogP contribution is -2.24. The molecule has 0 amide bonds. The van der Waals surface area contributed by atoms with E-state index in [0.29, 0.717) is 25.0 Å². The van der Waals surface area contributed by atoms with Gasteiger partial charge in [0.15, 0.2) is 11.5 Å². The Hall–Kier alpha value is -2.56. The molecule has 0 aliphatic heterocycles. The maximum atomic E-state index is 12.6. The zero-order valence-electron chi connectivity index (χ0n) is 17.2. The summed E-state index contributed by atoms with van der Waals surface area (Å²) in [7, 11) is 1.52. The van der Waals surface area contributed by atoms with Crippen LogP contribution in [0.15, 0.2) is 36.5 Å². The number of nitrogens with zero attached hydrogens (tertiary/aromatic N) is 1. The number of ether oxygens (including phenoxy) is 1. The standard InChI is InChI=1S/C23H32N2O3/c1-4-5-6-7-19(25-23-13-8-17(2)16-24-23)15-20(26)11-9-18-10-12-21(27)22(14-18)28-3/h8,10,12-14,16,19,27H,4-7,9,11,15H2,1-3H3,(H,24,25). The van der Waals surface area contributed by atoms with Crippen molar-refractivity contribution in [2.45, 2.75) is 64.8 Å². The molecule has 0 aliphatic carbocycles. The molecule has 1 aromatic carbocycles. The van der Waals surface area contributed by atoms with Crippen LogP contribution in [0.3, 0.4) is 0 Å². The second-order valence-corrected chi connectivity index (χ2v) is 7.31. The van der Waals surface area contributed by atoms with Crippen LogP contribution in [0.2, 0.25) is 0 Å². The van der Waals surface area contributed by atoms with E-state index >= 15 is 0 Å². The predicted octanol–water partition coefficient (Wildman–Crippen LogP) is 5.06. The molecule has 0 saturated carbocycles. The summed E-state index contributed by atoms with van der Waals surface area (Å²) in [4.78, 5) is 17.0. The van der Waals surface area contributed by atoms with Crippen molar-refractivity contribution in [1.82, 2.24) is 4.98 Å². The predicted molar refractivity (Wildman–Crippen MR) is 113 cm³/mol. The first-order chi connectivity index (χ1) is 13.5. The minimum absolute atomic E-state index is 0.101. The number of phenolic OH excluding ortho intramolecular Hbond substituents is 1. The average molecular weight is 385 g/mol. The van der Waals surface area contributed by atoms with E-state index in [1.54, 1.807) is 12.1 Å². The van der Waals surface area contributed by atoms with Crippen LogP contribution >= 0.6 is 0 Å². The molecule has 28 heavy (non-hydrogen) atoms. The number of pyridine rings is 1. The summed E-state index contributed by atoms with van der Waals surface area (Å²) >= 11 is 0. The number of nitrogens with one attached hydrogen (secondary N) is 1. The van der Waals surface area contributed by atoms with E-state index in [1.165, 1.54) is 13.5 Å². The number of unbranched alkanes of at least 4 members (excludes halogenated alkanes) is 2. The molecule has 2 N–H and O–H groups in total. The number of carbonyl (C=O) groups is 1. The van der Waals surface area contributed by atoms with E-state index in [2.05, 4.69) is 17.2 Å². The molecule has 1 atom stereocenters. The third-order valence-corrected chi connectivity index (χ3v) is 4.83. The van der Waals surface area contributed by atoms with Crippen LogP contribution in [0.1, 0.15) is 56.6 Å². The molecule has 5 heteroatoms. The summed E-state index contributed by atoms with van der Waals surface area (Å²) in [5.41, 5.74) is 2.10. The molecule has 1 aromatic heterocycles. The summed E-state index contributed by atoms with van der Waals surface area (Å²) < 4.78 is 5.13. The third-order valence-electron chi connectivity index (χ3n) is 4.83. The number of hydrogen-bond donors (Lipinski definition) is 2. The van der Waals surface area contributed by atoms with E-state index in [0.717, 1.165) is 36.2 Å². The lowest BCUT2D eigenvalue weighted by atomic mass is 9.99. The SMILES string of the molecule is CCCCCC(CC(=O)CCc1ccc(O)c(OC)c1)Nc1ccc(C)cn1. The number of anilines is 1. The third kappa shape index (κ3) is 7.22. The molecular weight excluding hydrogens is 352 g/mol. The fourth-order valence-electron chi connectivity index (χ4n) is 3.17. The quantitative estimate of drug-likeness (QED) is 0.501. The van der Waals surface area contributed by atoms with Crippen molar-refractivity contribution >= 4 is 11.6 Å². The normalized spacial score (nSPS) is 11.8. The Labute approximate surface area is 168 Å². The maximum Gasteiger partial charge on any atom is 0.160 e. The molecular formula is C23H32N2O3. The van der Waals surface area contributed by atoms with E-state index in [4.69, 9.17) is 4.74 Å². The zero-order chi connectivity index (χ0) is 20.4. The minimum atomic E-state index is 0.101. The molecule has 0 spiro atoms. The van der Waals surface area contributed by atoms with Crippen molar-refractivity contribution in [3.63, 3.8) is 0 Å². The highest BCUT2D eigenvalue weighted by atomic mass is 16.5. The fraction of sp³-hybridized carbons (Fsp3) is 0.478. The molecule has 5 nitrogen and oxygen atoms in total. The summed E-state index contributed by atoms with van der Waals surface area (Å²) in [5.74, 6) is 1.61. The van der Waals surface area contributed by atoms with Gasteiger partial charge in [0, 0.05) is 25.1 Å². The molecule has 152 valence electrons. The summed E-state index contributed by atoms with van der Waals surface area (Å²) in [6.07, 6.45) is 7.83. The first kappa shape index (κ1) is 21.7. The molecule has 0 radical (unpaired) electrons. The summed E-state index contributed by atoms with van der Waals surface area (Å²) in [6.45, 7) is 4.19. The number of aryl methyl sites for hydroxylation is 2. The van der Waals surface area contributed by atoms with Gasteiger partial charge in [0.1, 0.15) is 11.6 Å². The van der Waals surface area contributed by atoms with Crippen LogP contribution in [-0.4, -0.2) is 29.0 Å². The van der Waals surface area contributed by atoms with Crippen LogP contribution in [-0.2, 0) is 11.2 Å². The van der Waals surface area contributed by atoms with Gasteiger partial charge in [-0.1, -0.05) is 38.3 Å². The van der Waals surface area contributed by atoms with Gasteiger partial charge in [-0.05, 0) is 49.1 Å². The number of hydrogen-bond acceptors (Lipinski definition) is 5. The van der Waals surface area contributed by atoms with Gasteiger partial charge in [0.2, 0.25) is 0 Å². The zero-order valence-corrected chi connectivity index (χ0v) is 17.2. The van der Waals surface area contributed by atoms with Gasteiger partial charge >= 0.3 is 0 Å². The van der Waals surface area contributed by atoms with Gasteiger partial charge in [-0.3, -0.25) is 4.79 Å². The highest BCUT2D eigenvalue weighted by Crippen LogP contribution is 2.27. The number of benzene rings is 1. The van der Waals surface area contributed by atoms with Crippen LogP contribution in [0.4, 0.5) is 5.82 Å². The van der Waals surface area contributed by atoms with Crippen molar-refractivity contribution < 1.29 is 14.6 Å². The second-order valence-electron chi connectivity index (χ2n) is 7.31. The van der Waals surface area contributed by atoms with E-state index in [9.17, 15) is 9.90 Å². The largest absolute Gasteiger partial charge is 0.504 e. The number of Topliss-reactive ketones (excluding diaryl/α,β-unsaturated/α-hetero) is 1. The number of rotatable bonds is 12. The molecule has 0 aliphatic rings. The molecule has 0 bridgehead atoms. The Morgan fingerprint density at radius 3 is 2.75 bits per heavy atom. The van der Waals surface area contributed by atoms with Crippen molar-refractivity contribution in [3.8, 4) is 11.5 Å². The molecule has 1 heterocycles. The Balaban J connectivity index is 1.91. The van der Waals surface area contributed by atoms with Gasteiger partial charge in [-0.25, -0.2) is 4.98 Å². The fourth-order valence-corrected chi connectivity index (χ4v) is 3.17. The van der Waals surface area contributed by atoms with E-state index in [1.807, 2.05) is 31.3 Å². The van der Waals surface area contributed by atoms with Gasteiger partial charge in [-0.2, -0.15) is 0 Å². The van der Waals surface area contributed by atoms with Gasteiger partial charge in [0.25, 0.3) is 0 Å². The number of aromatic nitrogens is 1. The second kappa shape index (κ2) is 11.3. The summed E-state index contributed by atoms with van der Waals surface area (Å²) in [6, 6.07) is 9.32. The lowest BCUT2D eigenvalue weighted by molar-refractivity contribution is -0.119. The van der Waals surface area contributed by atoms with Gasteiger partial charge < -0.3 is 15.2 Å².